The Bertz CT molecular complexity index is 929. The molecule has 3 rings (SSSR count). The molecule has 0 unspecified atom stereocenters. The molecule has 0 saturated carbocycles. The lowest BCUT2D eigenvalue weighted by atomic mass is 10.0. The molecular formula is C18H19N3O2S. The van der Waals surface area contributed by atoms with Crippen molar-refractivity contribution in [3.63, 3.8) is 0 Å². The third-order valence-electron chi connectivity index (χ3n) is 3.97. The van der Waals surface area contributed by atoms with Gasteiger partial charge in [0.1, 0.15) is 0 Å². The van der Waals surface area contributed by atoms with Crippen molar-refractivity contribution in [1.82, 2.24) is 15.1 Å². The molecule has 0 aliphatic heterocycles. The van der Waals surface area contributed by atoms with Crippen LogP contribution in [0.2, 0.25) is 0 Å². The van der Waals surface area contributed by atoms with E-state index >= 15 is 0 Å². The van der Waals surface area contributed by atoms with Gasteiger partial charge in [-0.1, -0.05) is 38.1 Å². The molecule has 0 radical (unpaired) electrons. The number of carbonyl (C=O) groups excluding carboxylic acids is 1. The molecule has 0 spiro atoms. The summed E-state index contributed by atoms with van der Waals surface area (Å²) in [5.41, 5.74) is 0.0655. The van der Waals surface area contributed by atoms with E-state index < -0.39 is 0 Å². The molecule has 1 atom stereocenters. The number of aryl methyl sites for hydroxylation is 1. The van der Waals surface area contributed by atoms with E-state index in [0.717, 1.165) is 4.88 Å². The molecule has 124 valence electrons. The number of carbonyl (C=O) groups is 1. The van der Waals surface area contributed by atoms with Gasteiger partial charge in [-0.2, -0.15) is 5.10 Å². The third-order valence-corrected chi connectivity index (χ3v) is 4.93. The molecule has 5 nitrogen and oxygen atoms in total. The molecular weight excluding hydrogens is 322 g/mol. The molecule has 0 saturated heterocycles. The Morgan fingerprint density at radius 2 is 1.88 bits per heavy atom. The van der Waals surface area contributed by atoms with Crippen molar-refractivity contribution >= 4 is 28.0 Å². The highest BCUT2D eigenvalue weighted by Crippen LogP contribution is 2.26. The molecule has 6 heteroatoms. The fourth-order valence-electron chi connectivity index (χ4n) is 2.71. The minimum absolute atomic E-state index is 0.0877. The minimum atomic E-state index is -0.270. The Balaban J connectivity index is 2.03. The first kappa shape index (κ1) is 16.4. The molecule has 1 aromatic carbocycles. The first-order chi connectivity index (χ1) is 11.5. The Kier molecular flexibility index (Phi) is 4.49. The molecule has 24 heavy (non-hydrogen) atoms. The van der Waals surface area contributed by atoms with Crippen molar-refractivity contribution in [1.29, 1.82) is 0 Å². The van der Waals surface area contributed by atoms with Crippen molar-refractivity contribution < 1.29 is 4.79 Å². The summed E-state index contributed by atoms with van der Waals surface area (Å²) in [5, 5.41) is 10.3. The first-order valence-corrected chi connectivity index (χ1v) is 8.67. The maximum atomic E-state index is 12.8. The molecule has 2 aromatic heterocycles. The highest BCUT2D eigenvalue weighted by atomic mass is 32.1. The van der Waals surface area contributed by atoms with Gasteiger partial charge in [-0.05, 0) is 23.4 Å². The van der Waals surface area contributed by atoms with Crippen molar-refractivity contribution in [2.75, 3.05) is 0 Å². The molecule has 3 aromatic rings. The zero-order valence-electron chi connectivity index (χ0n) is 13.8. The van der Waals surface area contributed by atoms with Gasteiger partial charge in [0.2, 0.25) is 0 Å². The summed E-state index contributed by atoms with van der Waals surface area (Å²) < 4.78 is 1.22. The average Bonchev–Trinajstić information content (AvgIpc) is 3.09. The number of nitrogens with zero attached hydrogens (tertiary/aromatic N) is 2. The van der Waals surface area contributed by atoms with Crippen LogP contribution in [0.5, 0.6) is 0 Å². The third kappa shape index (κ3) is 2.97. The van der Waals surface area contributed by atoms with Gasteiger partial charge in [-0.25, -0.2) is 4.68 Å². The van der Waals surface area contributed by atoms with Gasteiger partial charge < -0.3 is 5.32 Å². The van der Waals surface area contributed by atoms with Crippen LogP contribution in [-0.2, 0) is 7.05 Å². The van der Waals surface area contributed by atoms with Crippen LogP contribution in [0.4, 0.5) is 0 Å². The molecule has 0 bridgehead atoms. The van der Waals surface area contributed by atoms with E-state index in [-0.39, 0.29) is 29.1 Å². The van der Waals surface area contributed by atoms with Gasteiger partial charge in [0.25, 0.3) is 11.5 Å². The highest BCUT2D eigenvalue weighted by molar-refractivity contribution is 7.10. The summed E-state index contributed by atoms with van der Waals surface area (Å²) in [4.78, 5) is 26.1. The van der Waals surface area contributed by atoms with E-state index in [1.54, 1.807) is 42.6 Å². The molecule has 0 fully saturated rings. The lowest BCUT2D eigenvalue weighted by Crippen LogP contribution is -2.34. The second-order valence-corrected chi connectivity index (χ2v) is 7.01. The van der Waals surface area contributed by atoms with Gasteiger partial charge in [0, 0.05) is 17.3 Å². The van der Waals surface area contributed by atoms with E-state index in [0.29, 0.717) is 10.8 Å². The van der Waals surface area contributed by atoms with Gasteiger partial charge in [-0.15, -0.1) is 11.3 Å². The Morgan fingerprint density at radius 3 is 2.50 bits per heavy atom. The molecule has 0 aliphatic carbocycles. The number of nitrogens with one attached hydrogen (secondary N) is 1. The number of hydrogen-bond donors (Lipinski definition) is 1. The average molecular weight is 341 g/mol. The molecule has 1 amide bonds. The van der Waals surface area contributed by atoms with Crippen LogP contribution < -0.4 is 10.9 Å². The second-order valence-electron chi connectivity index (χ2n) is 6.03. The molecule has 2 heterocycles. The molecule has 1 N–H and O–H groups in total. The van der Waals surface area contributed by atoms with Crippen molar-refractivity contribution in [3.8, 4) is 0 Å². The van der Waals surface area contributed by atoms with Gasteiger partial charge in [0.05, 0.1) is 11.4 Å². The maximum absolute atomic E-state index is 12.8. The number of thiophene rings is 1. The van der Waals surface area contributed by atoms with E-state index in [2.05, 4.69) is 24.3 Å². The van der Waals surface area contributed by atoms with E-state index in [9.17, 15) is 9.59 Å². The van der Waals surface area contributed by atoms with Gasteiger partial charge >= 0.3 is 0 Å². The zero-order valence-corrected chi connectivity index (χ0v) is 14.6. The summed E-state index contributed by atoms with van der Waals surface area (Å²) >= 11 is 1.62. The number of fused-ring (bicyclic) bond motifs is 1. The fourth-order valence-corrected chi connectivity index (χ4v) is 3.66. The second kappa shape index (κ2) is 6.57. The highest BCUT2D eigenvalue weighted by Gasteiger charge is 2.22. The topological polar surface area (TPSA) is 64.0 Å². The number of benzene rings is 1. The van der Waals surface area contributed by atoms with Crippen LogP contribution in [0, 0.1) is 5.92 Å². The standard InChI is InChI=1S/C18H19N3O2S/c1-11(2)15(14-9-6-10-24-14)19-17(22)16-12-7-4-5-8-13(12)18(23)21(3)20-16/h4-11,15H,1-3H3,(H,19,22)/t15-/m0/s1. The van der Waals surface area contributed by atoms with Gasteiger partial charge in [-0.3, -0.25) is 9.59 Å². The first-order valence-electron chi connectivity index (χ1n) is 7.79. The van der Waals surface area contributed by atoms with Crippen molar-refractivity contribution in [2.45, 2.75) is 19.9 Å². The quantitative estimate of drug-likeness (QED) is 0.793. The van der Waals surface area contributed by atoms with Crippen LogP contribution in [0.1, 0.15) is 35.3 Å². The summed E-state index contributed by atoms with van der Waals surface area (Å²) in [6.07, 6.45) is 0. The van der Waals surface area contributed by atoms with E-state index in [4.69, 9.17) is 0 Å². The Labute approximate surface area is 143 Å². The number of hydrogen-bond acceptors (Lipinski definition) is 4. The van der Waals surface area contributed by atoms with Crippen LogP contribution in [0.3, 0.4) is 0 Å². The number of amides is 1. The predicted molar refractivity (Wildman–Crippen MR) is 96.3 cm³/mol. The summed E-state index contributed by atoms with van der Waals surface area (Å²) in [6, 6.07) is 11.0. The SMILES string of the molecule is CC(C)[C@H](NC(=O)c1nn(C)c(=O)c2ccccc12)c1cccs1. The van der Waals surface area contributed by atoms with Crippen LogP contribution >= 0.6 is 11.3 Å². The fraction of sp³-hybridized carbons (Fsp3) is 0.278. The zero-order chi connectivity index (χ0) is 17.3. The Morgan fingerprint density at radius 1 is 1.17 bits per heavy atom. The molecule has 0 aliphatic rings. The number of aromatic nitrogens is 2. The van der Waals surface area contributed by atoms with Crippen LogP contribution in [-0.4, -0.2) is 15.7 Å². The lowest BCUT2D eigenvalue weighted by Gasteiger charge is -2.21. The predicted octanol–water partition coefficient (Wildman–Crippen LogP) is 3.12. The van der Waals surface area contributed by atoms with Crippen LogP contribution in [0.15, 0.2) is 46.6 Å². The van der Waals surface area contributed by atoms with Crippen molar-refractivity contribution in [2.24, 2.45) is 13.0 Å². The largest absolute Gasteiger partial charge is 0.343 e. The summed E-state index contributed by atoms with van der Waals surface area (Å²) in [5.74, 6) is -0.0275. The lowest BCUT2D eigenvalue weighted by molar-refractivity contribution is 0.0921. The van der Waals surface area contributed by atoms with Crippen molar-refractivity contribution in [3.05, 3.63) is 62.7 Å². The Hall–Kier alpha value is -2.47. The maximum Gasteiger partial charge on any atom is 0.274 e. The van der Waals surface area contributed by atoms with E-state index in [1.165, 1.54) is 4.68 Å². The summed E-state index contributed by atoms with van der Waals surface area (Å²) in [6.45, 7) is 4.13. The minimum Gasteiger partial charge on any atom is -0.343 e. The summed E-state index contributed by atoms with van der Waals surface area (Å²) in [7, 11) is 1.56. The monoisotopic (exact) mass is 341 g/mol. The normalized spacial score (nSPS) is 12.5. The number of rotatable bonds is 4. The van der Waals surface area contributed by atoms with Gasteiger partial charge in [0.15, 0.2) is 5.69 Å². The van der Waals surface area contributed by atoms with E-state index in [1.807, 2.05) is 17.5 Å². The smallest absolute Gasteiger partial charge is 0.274 e. The van der Waals surface area contributed by atoms with Crippen LogP contribution in [0.25, 0.3) is 10.8 Å².